The molecule has 0 unspecified atom stereocenters. The number of para-hydroxylation sites is 3. The maximum Gasteiger partial charge on any atom is 0.250 e. The monoisotopic (exact) mass is 328 g/mol. The molecule has 0 atom stereocenters. The summed E-state index contributed by atoms with van der Waals surface area (Å²) >= 11 is 0. The predicted octanol–water partition coefficient (Wildman–Crippen LogP) is 2.59. The average molecular weight is 328 g/mol. The predicted molar refractivity (Wildman–Crippen MR) is 91.3 cm³/mol. The van der Waals surface area contributed by atoms with E-state index >= 15 is 0 Å². The number of methoxy groups -OCH3 is 1. The summed E-state index contributed by atoms with van der Waals surface area (Å²) in [7, 11) is 1.58. The van der Waals surface area contributed by atoms with Gasteiger partial charge in [-0.1, -0.05) is 24.3 Å². The molecule has 0 fully saturated rings. The van der Waals surface area contributed by atoms with Crippen LogP contribution >= 0.6 is 0 Å². The molecule has 3 N–H and O–H groups in total. The van der Waals surface area contributed by atoms with E-state index < -0.39 is 5.91 Å². The van der Waals surface area contributed by atoms with Gasteiger partial charge in [0.1, 0.15) is 0 Å². The van der Waals surface area contributed by atoms with E-state index in [-0.39, 0.29) is 17.9 Å². The molecule has 0 saturated carbocycles. The highest BCUT2D eigenvalue weighted by molar-refractivity contribution is 6.02. The third kappa shape index (κ3) is 4.74. The fourth-order valence-corrected chi connectivity index (χ4v) is 2.17. The highest BCUT2D eigenvalue weighted by atomic mass is 16.5. The molecule has 2 aromatic rings. The van der Waals surface area contributed by atoms with Gasteiger partial charge < -0.3 is 20.5 Å². The molecule has 24 heavy (non-hydrogen) atoms. The summed E-state index contributed by atoms with van der Waals surface area (Å²) in [5.74, 6) is 0.509. The Balaban J connectivity index is 1.81. The lowest BCUT2D eigenvalue weighted by molar-refractivity contribution is -0.116. The van der Waals surface area contributed by atoms with Crippen LogP contribution in [0.2, 0.25) is 0 Å². The van der Waals surface area contributed by atoms with E-state index in [1.807, 2.05) is 24.3 Å². The highest BCUT2D eigenvalue weighted by Crippen LogP contribution is 2.25. The number of hydrogen-bond donors (Lipinski definition) is 2. The molecule has 126 valence electrons. The van der Waals surface area contributed by atoms with Crippen LogP contribution in [0.25, 0.3) is 0 Å². The molecule has 0 saturated heterocycles. The maximum atomic E-state index is 12.0. The number of ether oxygens (including phenoxy) is 2. The van der Waals surface area contributed by atoms with Crippen LogP contribution in [0, 0.1) is 0 Å². The molecular formula is C18H20N2O4. The van der Waals surface area contributed by atoms with Gasteiger partial charge in [-0.05, 0) is 30.7 Å². The molecule has 0 radical (unpaired) electrons. The summed E-state index contributed by atoms with van der Waals surface area (Å²) in [5, 5.41) is 2.69. The van der Waals surface area contributed by atoms with Gasteiger partial charge in [0.05, 0.1) is 25.0 Å². The van der Waals surface area contributed by atoms with E-state index in [9.17, 15) is 9.59 Å². The smallest absolute Gasteiger partial charge is 0.250 e. The van der Waals surface area contributed by atoms with E-state index in [1.54, 1.807) is 31.4 Å². The minimum absolute atomic E-state index is 0.202. The maximum absolute atomic E-state index is 12.0. The molecule has 6 nitrogen and oxygen atoms in total. The van der Waals surface area contributed by atoms with Crippen LogP contribution in [0.3, 0.4) is 0 Å². The molecule has 2 aromatic carbocycles. The van der Waals surface area contributed by atoms with Crippen molar-refractivity contribution in [1.29, 1.82) is 0 Å². The zero-order valence-electron chi connectivity index (χ0n) is 13.5. The number of anilines is 1. The molecule has 0 bridgehead atoms. The number of nitrogens with one attached hydrogen (secondary N) is 1. The van der Waals surface area contributed by atoms with E-state index in [2.05, 4.69) is 5.32 Å². The topological polar surface area (TPSA) is 90.7 Å². The van der Waals surface area contributed by atoms with Gasteiger partial charge >= 0.3 is 0 Å². The number of carbonyl (C=O) groups excluding carboxylic acids is 2. The van der Waals surface area contributed by atoms with Gasteiger partial charge in [-0.15, -0.1) is 0 Å². The Morgan fingerprint density at radius 3 is 2.42 bits per heavy atom. The van der Waals surface area contributed by atoms with Gasteiger partial charge in [-0.2, -0.15) is 0 Å². The molecule has 0 aromatic heterocycles. The normalized spacial score (nSPS) is 10.0. The average Bonchev–Trinajstić information content (AvgIpc) is 2.59. The standard InChI is InChI=1S/C18H20N2O4/c1-23-15-9-4-5-10-16(15)24-12-6-11-17(21)20-14-8-3-2-7-13(14)18(19)22/h2-5,7-10H,6,11-12H2,1H3,(H2,19,22)(H,20,21). The Morgan fingerprint density at radius 1 is 1.04 bits per heavy atom. The summed E-state index contributed by atoms with van der Waals surface area (Å²) in [5.41, 5.74) is 5.99. The zero-order valence-corrected chi connectivity index (χ0v) is 13.5. The number of amides is 2. The molecule has 0 spiro atoms. The fraction of sp³-hybridized carbons (Fsp3) is 0.222. The Labute approximate surface area is 140 Å². The number of carbonyl (C=O) groups is 2. The lowest BCUT2D eigenvalue weighted by Crippen LogP contribution is -2.18. The lowest BCUT2D eigenvalue weighted by Gasteiger charge is -2.11. The zero-order chi connectivity index (χ0) is 17.4. The molecule has 2 amide bonds. The second kappa shape index (κ2) is 8.57. The third-order valence-corrected chi connectivity index (χ3v) is 3.34. The van der Waals surface area contributed by atoms with Crippen LogP contribution in [-0.2, 0) is 4.79 Å². The fourth-order valence-electron chi connectivity index (χ4n) is 2.17. The first kappa shape index (κ1) is 17.3. The molecular weight excluding hydrogens is 308 g/mol. The van der Waals surface area contributed by atoms with Crippen molar-refractivity contribution in [3.05, 3.63) is 54.1 Å². The molecule has 0 aliphatic rings. The molecule has 0 aliphatic carbocycles. The van der Waals surface area contributed by atoms with Crippen molar-refractivity contribution in [2.75, 3.05) is 19.0 Å². The van der Waals surface area contributed by atoms with Gasteiger partial charge in [-0.25, -0.2) is 0 Å². The third-order valence-electron chi connectivity index (χ3n) is 3.34. The number of hydrogen-bond acceptors (Lipinski definition) is 4. The van der Waals surface area contributed by atoms with E-state index in [4.69, 9.17) is 15.2 Å². The Bertz CT molecular complexity index is 716. The van der Waals surface area contributed by atoms with Gasteiger partial charge in [0.2, 0.25) is 5.91 Å². The summed E-state index contributed by atoms with van der Waals surface area (Å²) in [6.07, 6.45) is 0.796. The number of rotatable bonds is 8. The second-order valence-electron chi connectivity index (χ2n) is 5.06. The summed E-state index contributed by atoms with van der Waals surface area (Å²) in [6.45, 7) is 0.380. The van der Waals surface area contributed by atoms with E-state index in [1.165, 1.54) is 0 Å². The first-order valence-corrected chi connectivity index (χ1v) is 7.56. The van der Waals surface area contributed by atoms with Crippen molar-refractivity contribution in [2.45, 2.75) is 12.8 Å². The minimum Gasteiger partial charge on any atom is -0.493 e. The first-order valence-electron chi connectivity index (χ1n) is 7.56. The van der Waals surface area contributed by atoms with Gasteiger partial charge in [-0.3, -0.25) is 9.59 Å². The van der Waals surface area contributed by atoms with Crippen molar-refractivity contribution in [3.63, 3.8) is 0 Å². The van der Waals surface area contributed by atoms with Crippen molar-refractivity contribution >= 4 is 17.5 Å². The minimum atomic E-state index is -0.578. The van der Waals surface area contributed by atoms with Gasteiger partial charge in [0, 0.05) is 6.42 Å². The molecule has 0 heterocycles. The van der Waals surface area contributed by atoms with Crippen LogP contribution in [0.4, 0.5) is 5.69 Å². The van der Waals surface area contributed by atoms with E-state index in [0.29, 0.717) is 30.2 Å². The number of primary amides is 1. The Hall–Kier alpha value is -3.02. The summed E-state index contributed by atoms with van der Waals surface area (Å²) in [6, 6.07) is 14.0. The van der Waals surface area contributed by atoms with Crippen LogP contribution in [0.15, 0.2) is 48.5 Å². The molecule has 0 aliphatic heterocycles. The van der Waals surface area contributed by atoms with Crippen molar-refractivity contribution in [1.82, 2.24) is 0 Å². The number of nitrogens with two attached hydrogens (primary N) is 1. The van der Waals surface area contributed by atoms with Crippen molar-refractivity contribution in [2.24, 2.45) is 5.73 Å². The number of benzene rings is 2. The van der Waals surface area contributed by atoms with Crippen LogP contribution < -0.4 is 20.5 Å². The van der Waals surface area contributed by atoms with E-state index in [0.717, 1.165) is 0 Å². The Morgan fingerprint density at radius 2 is 1.71 bits per heavy atom. The quantitative estimate of drug-likeness (QED) is 0.729. The molecule has 2 rings (SSSR count). The van der Waals surface area contributed by atoms with Crippen LogP contribution in [0.5, 0.6) is 11.5 Å². The SMILES string of the molecule is COc1ccccc1OCCCC(=O)Nc1ccccc1C(N)=O. The first-order chi connectivity index (χ1) is 11.6. The van der Waals surface area contributed by atoms with Crippen LogP contribution in [0.1, 0.15) is 23.2 Å². The van der Waals surface area contributed by atoms with Crippen molar-refractivity contribution in [3.8, 4) is 11.5 Å². The van der Waals surface area contributed by atoms with Gasteiger partial charge in [0.15, 0.2) is 11.5 Å². The summed E-state index contributed by atoms with van der Waals surface area (Å²) < 4.78 is 10.8. The largest absolute Gasteiger partial charge is 0.493 e. The molecule has 6 heteroatoms. The van der Waals surface area contributed by atoms with Crippen LogP contribution in [-0.4, -0.2) is 25.5 Å². The van der Waals surface area contributed by atoms with Crippen molar-refractivity contribution < 1.29 is 19.1 Å². The Kier molecular flexibility index (Phi) is 6.19. The summed E-state index contributed by atoms with van der Waals surface area (Å²) in [4.78, 5) is 23.3. The van der Waals surface area contributed by atoms with Gasteiger partial charge in [0.25, 0.3) is 5.91 Å². The highest BCUT2D eigenvalue weighted by Gasteiger charge is 2.10. The second-order valence-corrected chi connectivity index (χ2v) is 5.06. The lowest BCUT2D eigenvalue weighted by atomic mass is 10.1.